The minimum absolute atomic E-state index is 0. The van der Waals surface area contributed by atoms with Gasteiger partial charge in [-0.25, -0.2) is 0 Å². The lowest BCUT2D eigenvalue weighted by molar-refractivity contribution is -0.0562. The van der Waals surface area contributed by atoms with Crippen molar-refractivity contribution in [2.75, 3.05) is 40.4 Å². The van der Waals surface area contributed by atoms with E-state index in [9.17, 15) is 10.2 Å². The molecule has 2 aromatic heterocycles. The molecule has 4 aromatic rings. The molecule has 12 N–H and O–H groups in total. The van der Waals surface area contributed by atoms with Gasteiger partial charge in [0.05, 0.1) is 37.5 Å². The first kappa shape index (κ1) is 49.6. The summed E-state index contributed by atoms with van der Waals surface area (Å²) in [6, 6.07) is 16.1. The fourth-order valence-corrected chi connectivity index (χ4v) is 9.42. The predicted molar refractivity (Wildman–Crippen MR) is 219 cm³/mol. The van der Waals surface area contributed by atoms with E-state index >= 15 is 0 Å². The molecule has 320 valence electrons. The molecule has 6 fully saturated rings. The topological polar surface area (TPSA) is 292 Å². The molecule has 0 saturated carbocycles. The second kappa shape index (κ2) is 21.4. The Morgan fingerprint density at radius 3 is 1.35 bits per heavy atom. The molecule has 0 amide bonds. The first-order valence-corrected chi connectivity index (χ1v) is 20.2. The van der Waals surface area contributed by atoms with E-state index in [0.717, 1.165) is 107 Å². The third-order valence-corrected chi connectivity index (χ3v) is 12.3. The number of benzene rings is 2. The summed E-state index contributed by atoms with van der Waals surface area (Å²) >= 11 is 0. The van der Waals surface area contributed by atoms with Crippen LogP contribution >= 0.6 is 0 Å². The molecule has 10 atom stereocenters. The zero-order valence-corrected chi connectivity index (χ0v) is 33.9. The van der Waals surface area contributed by atoms with Gasteiger partial charge in [0.1, 0.15) is 11.5 Å². The molecule has 6 aliphatic rings. The van der Waals surface area contributed by atoms with Gasteiger partial charge in [0.2, 0.25) is 0 Å². The number of hydrogen-bond acceptors (Lipinski definition) is 10. The first-order valence-electron chi connectivity index (χ1n) is 18.8. The van der Waals surface area contributed by atoms with E-state index in [1.165, 1.54) is 25.7 Å². The quantitative estimate of drug-likeness (QED) is 0.187. The van der Waals surface area contributed by atoms with Crippen LogP contribution in [0.5, 0.6) is 11.5 Å². The van der Waals surface area contributed by atoms with Crippen molar-refractivity contribution in [3.05, 3.63) is 72.1 Å². The molecular weight excluding hydrogens is 761 g/mol. The fraction of sp³-hybridized carbons (Fsp3) is 0.550. The summed E-state index contributed by atoms with van der Waals surface area (Å²) in [7, 11) is -1.32. The third kappa shape index (κ3) is 11.3. The minimum atomic E-state index is -4.67. The molecule has 2 aromatic carbocycles. The Balaban J connectivity index is 0.000000331. The fourth-order valence-electron chi connectivity index (χ4n) is 9.42. The highest BCUT2D eigenvalue weighted by atomic mass is 32.3. The van der Waals surface area contributed by atoms with Crippen LogP contribution in [0.4, 0.5) is 0 Å². The van der Waals surface area contributed by atoms with Crippen LogP contribution in [0.1, 0.15) is 75.7 Å². The number of rotatable bonds is 8. The van der Waals surface area contributed by atoms with Crippen molar-refractivity contribution in [3.8, 4) is 11.5 Å². The van der Waals surface area contributed by atoms with Gasteiger partial charge >= 0.3 is 10.4 Å². The van der Waals surface area contributed by atoms with Gasteiger partial charge in [-0.1, -0.05) is 26.7 Å². The van der Waals surface area contributed by atoms with E-state index in [4.69, 9.17) is 27.0 Å². The Kier molecular flexibility index (Phi) is 18.6. The van der Waals surface area contributed by atoms with Gasteiger partial charge in [0, 0.05) is 48.3 Å². The molecule has 4 bridgehead atoms. The molecule has 2 unspecified atom stereocenters. The zero-order chi connectivity index (χ0) is 37.9. The van der Waals surface area contributed by atoms with Crippen LogP contribution in [0.15, 0.2) is 60.9 Å². The molecule has 0 aliphatic carbocycles. The summed E-state index contributed by atoms with van der Waals surface area (Å²) in [5.74, 6) is 4.75. The van der Waals surface area contributed by atoms with Gasteiger partial charge in [-0.05, 0) is 122 Å². The number of pyridine rings is 2. The number of aromatic nitrogens is 2. The number of methoxy groups -OCH3 is 2. The monoisotopic (exact) mass is 822 g/mol. The molecule has 16 nitrogen and oxygen atoms in total. The summed E-state index contributed by atoms with van der Waals surface area (Å²) < 4.78 is 42.3. The lowest BCUT2D eigenvalue weighted by Crippen LogP contribution is -2.55. The zero-order valence-electron chi connectivity index (χ0n) is 33.1. The van der Waals surface area contributed by atoms with Gasteiger partial charge in [-0.15, -0.1) is 0 Å². The Morgan fingerprint density at radius 2 is 1.05 bits per heavy atom. The van der Waals surface area contributed by atoms with Crippen molar-refractivity contribution in [2.45, 2.75) is 76.7 Å². The molecule has 8 heterocycles. The van der Waals surface area contributed by atoms with Crippen molar-refractivity contribution in [2.24, 2.45) is 23.7 Å². The van der Waals surface area contributed by atoms with Crippen molar-refractivity contribution in [3.63, 3.8) is 0 Å². The largest absolute Gasteiger partial charge is 0.497 e. The number of aliphatic hydroxyl groups excluding tert-OH is 2. The molecule has 6 saturated heterocycles. The number of fused-ring (bicyclic) bond motifs is 8. The Bertz CT molecular complexity index is 1840. The van der Waals surface area contributed by atoms with E-state index in [0.29, 0.717) is 0 Å². The van der Waals surface area contributed by atoms with E-state index in [2.05, 4.69) is 33.6 Å². The van der Waals surface area contributed by atoms with Gasteiger partial charge in [-0.3, -0.25) is 28.9 Å². The van der Waals surface area contributed by atoms with Gasteiger partial charge in [0.15, 0.2) is 0 Å². The summed E-state index contributed by atoms with van der Waals surface area (Å²) in [6.45, 7) is 9.09. The lowest BCUT2D eigenvalue weighted by Gasteiger charge is -2.51. The average Bonchev–Trinajstić information content (AvgIpc) is 3.19. The average molecular weight is 823 g/mol. The summed E-state index contributed by atoms with van der Waals surface area (Å²) in [4.78, 5) is 13.9. The number of piperidine rings is 6. The smallest absolute Gasteiger partial charge is 0.394 e. The van der Waals surface area contributed by atoms with Crippen LogP contribution in [0.2, 0.25) is 0 Å². The lowest BCUT2D eigenvalue weighted by atomic mass is 9.72. The third-order valence-electron chi connectivity index (χ3n) is 12.3. The van der Waals surface area contributed by atoms with Crippen LogP contribution in [0.3, 0.4) is 0 Å². The second-order valence-electron chi connectivity index (χ2n) is 14.9. The molecule has 0 radical (unpaired) electrons. The van der Waals surface area contributed by atoms with Crippen LogP contribution in [0, 0.1) is 23.7 Å². The standard InChI is InChI=1S/2C20H26N2O2.H2O4S.4H2O/c2*1-3-13-12-22-9-7-14(13)10-19(22)20(23)16-6-8-21-18-5-4-15(24-2)11-17(16)18;1-5(2,3)4;;;;/h2*4-6,8,11,13-14,19-20,23H,3,7,9-10,12H2,1-2H3;(H2,1,2,3,4);4*1H2/t2*13-,14-,19-,20+;;;;;/m00...../s1. The van der Waals surface area contributed by atoms with Gasteiger partial charge in [0.25, 0.3) is 0 Å². The normalized spacial score (nSPS) is 26.7. The molecular formula is C40H62N4O12S. The Labute approximate surface area is 334 Å². The summed E-state index contributed by atoms with van der Waals surface area (Å²) in [5, 5.41) is 24.4. The van der Waals surface area contributed by atoms with E-state index in [-0.39, 0.29) is 34.0 Å². The predicted octanol–water partition coefficient (Wildman–Crippen LogP) is 2.84. The summed E-state index contributed by atoms with van der Waals surface area (Å²) in [5.41, 5.74) is 3.78. The van der Waals surface area contributed by atoms with Gasteiger partial charge in [-0.2, -0.15) is 8.42 Å². The second-order valence-corrected chi connectivity index (χ2v) is 15.8. The highest BCUT2D eigenvalue weighted by Gasteiger charge is 2.44. The number of hydrogen-bond donors (Lipinski definition) is 4. The Morgan fingerprint density at radius 1 is 0.684 bits per heavy atom. The van der Waals surface area contributed by atoms with Crippen LogP contribution in [-0.2, 0) is 10.4 Å². The van der Waals surface area contributed by atoms with E-state index < -0.39 is 22.6 Å². The highest BCUT2D eigenvalue weighted by Crippen LogP contribution is 2.44. The SMILES string of the molecule is CC[C@H]1CN2CC[C@H]1C[C@H]2[C@H](O)c1ccnc2ccc(OC)cc12.CC[C@H]1CN2CC[C@H]1C[C@H]2[C@H](O)c1ccnc2ccc(OC)cc12.O.O.O.O.O=S(=O)(O)O. The van der Waals surface area contributed by atoms with Crippen molar-refractivity contribution >= 4 is 32.2 Å². The highest BCUT2D eigenvalue weighted by molar-refractivity contribution is 7.79. The van der Waals surface area contributed by atoms with Crippen LogP contribution < -0.4 is 9.47 Å². The minimum Gasteiger partial charge on any atom is -0.497 e. The molecule has 57 heavy (non-hydrogen) atoms. The number of aliphatic hydroxyl groups is 2. The van der Waals surface area contributed by atoms with E-state index in [1.54, 1.807) is 26.6 Å². The van der Waals surface area contributed by atoms with E-state index in [1.807, 2.05) is 48.5 Å². The summed E-state index contributed by atoms with van der Waals surface area (Å²) in [6.07, 6.45) is 9.95. The molecule has 6 aliphatic heterocycles. The maximum atomic E-state index is 11.2. The van der Waals surface area contributed by atoms with Crippen molar-refractivity contribution in [1.29, 1.82) is 0 Å². The van der Waals surface area contributed by atoms with Crippen LogP contribution in [-0.4, -0.2) is 122 Å². The first-order chi connectivity index (χ1) is 25.4. The van der Waals surface area contributed by atoms with Crippen molar-refractivity contribution < 1.29 is 59.1 Å². The van der Waals surface area contributed by atoms with Crippen LogP contribution in [0.25, 0.3) is 21.8 Å². The van der Waals surface area contributed by atoms with Gasteiger partial charge < -0.3 is 41.6 Å². The molecule has 0 spiro atoms. The number of nitrogens with zero attached hydrogens (tertiary/aromatic N) is 4. The molecule has 17 heteroatoms. The number of ether oxygens (including phenoxy) is 2. The maximum Gasteiger partial charge on any atom is 0.394 e. The van der Waals surface area contributed by atoms with Crippen molar-refractivity contribution in [1.82, 2.24) is 19.8 Å². The Hall–Kier alpha value is -3.59. The molecule has 10 rings (SSSR count). The maximum absolute atomic E-state index is 11.2.